The normalized spacial score (nSPS) is 12.0. The van der Waals surface area contributed by atoms with Crippen LogP contribution < -0.4 is 5.73 Å². The van der Waals surface area contributed by atoms with Crippen LogP contribution in [0.25, 0.3) is 0 Å². The Balaban J connectivity index is 2.82. The van der Waals surface area contributed by atoms with Gasteiger partial charge in [0.25, 0.3) is 5.69 Å². The van der Waals surface area contributed by atoms with E-state index in [0.29, 0.717) is 12.1 Å². The summed E-state index contributed by atoms with van der Waals surface area (Å²) in [6, 6.07) is 4.44. The smallest absolute Gasteiger partial charge is 0.306 e. The van der Waals surface area contributed by atoms with Gasteiger partial charge in [0.1, 0.15) is 5.60 Å². The number of hydrogen-bond donors (Lipinski definition) is 1. The Morgan fingerprint density at radius 2 is 1.86 bits per heavy atom. The first kappa shape index (κ1) is 17.9. The molecular weight excluding hydrogens is 284 g/mol. The summed E-state index contributed by atoms with van der Waals surface area (Å²) >= 11 is 0. The maximum Gasteiger partial charge on any atom is 0.306 e. The summed E-state index contributed by atoms with van der Waals surface area (Å²) in [4.78, 5) is 22.1. The Morgan fingerprint density at radius 1 is 1.27 bits per heavy atom. The third-order valence-corrected chi connectivity index (χ3v) is 3.35. The third-order valence-electron chi connectivity index (χ3n) is 3.35. The van der Waals surface area contributed by atoms with E-state index in [9.17, 15) is 14.9 Å². The molecule has 0 aliphatic carbocycles. The van der Waals surface area contributed by atoms with Gasteiger partial charge in [-0.3, -0.25) is 14.9 Å². The Labute approximate surface area is 130 Å². The first-order valence-corrected chi connectivity index (χ1v) is 7.18. The molecule has 1 aromatic rings. The van der Waals surface area contributed by atoms with E-state index >= 15 is 0 Å². The summed E-state index contributed by atoms with van der Waals surface area (Å²) in [6.45, 7) is 9.38. The van der Waals surface area contributed by atoms with Crippen LogP contribution in [-0.2, 0) is 14.9 Å². The number of benzene rings is 1. The van der Waals surface area contributed by atoms with Crippen LogP contribution in [-0.4, -0.2) is 16.5 Å². The van der Waals surface area contributed by atoms with Crippen molar-refractivity contribution in [3.05, 3.63) is 33.9 Å². The van der Waals surface area contributed by atoms with Crippen LogP contribution in [0.1, 0.15) is 53.0 Å². The lowest BCUT2D eigenvalue weighted by Crippen LogP contribution is -2.26. The molecule has 0 aromatic heterocycles. The molecule has 0 heterocycles. The number of hydrogen-bond acceptors (Lipinski definition) is 5. The van der Waals surface area contributed by atoms with Gasteiger partial charge in [-0.05, 0) is 44.2 Å². The van der Waals surface area contributed by atoms with E-state index in [-0.39, 0.29) is 23.5 Å². The van der Waals surface area contributed by atoms with Gasteiger partial charge in [0, 0.05) is 24.2 Å². The number of anilines is 1. The fraction of sp³-hybridized carbons (Fsp3) is 0.562. The van der Waals surface area contributed by atoms with Crippen LogP contribution in [0.4, 0.5) is 11.4 Å². The van der Waals surface area contributed by atoms with Gasteiger partial charge in [-0.15, -0.1) is 0 Å². The molecule has 2 N–H and O–H groups in total. The molecule has 0 bridgehead atoms. The topological polar surface area (TPSA) is 95.5 Å². The van der Waals surface area contributed by atoms with Crippen molar-refractivity contribution in [1.82, 2.24) is 0 Å². The lowest BCUT2D eigenvalue weighted by Gasteiger charge is -2.27. The lowest BCUT2D eigenvalue weighted by atomic mass is 9.79. The summed E-state index contributed by atoms with van der Waals surface area (Å²) in [7, 11) is 0. The molecule has 0 fully saturated rings. The quantitative estimate of drug-likeness (QED) is 0.388. The fourth-order valence-electron chi connectivity index (χ4n) is 2.22. The summed E-state index contributed by atoms with van der Waals surface area (Å²) in [5, 5.41) is 10.8. The summed E-state index contributed by atoms with van der Waals surface area (Å²) in [5.74, 6) is -0.263. The average Bonchev–Trinajstić information content (AvgIpc) is 2.34. The van der Waals surface area contributed by atoms with Crippen LogP contribution in [0.5, 0.6) is 0 Å². The predicted molar refractivity (Wildman–Crippen MR) is 85.6 cm³/mol. The lowest BCUT2D eigenvalue weighted by molar-refractivity contribution is -0.384. The molecule has 0 aliphatic heterocycles. The van der Waals surface area contributed by atoms with Crippen molar-refractivity contribution in [2.45, 2.75) is 58.5 Å². The van der Waals surface area contributed by atoms with Gasteiger partial charge in [0.05, 0.1) is 4.92 Å². The van der Waals surface area contributed by atoms with Crippen LogP contribution in [0, 0.1) is 10.1 Å². The number of nitro groups is 1. The van der Waals surface area contributed by atoms with Crippen molar-refractivity contribution in [3.8, 4) is 0 Å². The highest BCUT2D eigenvalue weighted by Crippen LogP contribution is 2.34. The molecule has 122 valence electrons. The second-order valence-electron chi connectivity index (χ2n) is 7.00. The second kappa shape index (κ2) is 6.34. The number of non-ortho nitro benzene ring substituents is 1. The van der Waals surface area contributed by atoms with Crippen molar-refractivity contribution in [2.24, 2.45) is 0 Å². The molecule has 1 rings (SSSR count). The van der Waals surface area contributed by atoms with E-state index in [1.807, 2.05) is 34.6 Å². The highest BCUT2D eigenvalue weighted by atomic mass is 16.6. The monoisotopic (exact) mass is 308 g/mol. The predicted octanol–water partition coefficient (Wildman–Crippen LogP) is 3.58. The SMILES string of the molecule is CC(C)(C)OC(=O)CCC(C)(C)c1ccc([N+](=O)[O-])cc1N. The maximum atomic E-state index is 11.8. The van der Waals surface area contributed by atoms with Crippen molar-refractivity contribution in [2.75, 3.05) is 5.73 Å². The van der Waals surface area contributed by atoms with Gasteiger partial charge < -0.3 is 10.5 Å². The summed E-state index contributed by atoms with van der Waals surface area (Å²) in [5.41, 5.74) is 6.17. The van der Waals surface area contributed by atoms with Gasteiger partial charge in [0.15, 0.2) is 0 Å². The molecule has 0 saturated heterocycles. The molecule has 1 aromatic carbocycles. The number of nitro benzene ring substituents is 1. The molecule has 0 spiro atoms. The van der Waals surface area contributed by atoms with Crippen molar-refractivity contribution >= 4 is 17.3 Å². The standard InChI is InChI=1S/C16H24N2O4/c1-15(2,3)22-14(19)8-9-16(4,5)12-7-6-11(18(20)21)10-13(12)17/h6-7,10H,8-9,17H2,1-5H3. The van der Waals surface area contributed by atoms with E-state index in [1.165, 1.54) is 12.1 Å². The zero-order valence-corrected chi connectivity index (χ0v) is 13.8. The Bertz CT molecular complexity index is 574. The summed E-state index contributed by atoms with van der Waals surface area (Å²) in [6.07, 6.45) is 0.810. The maximum absolute atomic E-state index is 11.8. The number of carbonyl (C=O) groups excluding carboxylic acids is 1. The molecule has 0 aliphatic rings. The van der Waals surface area contributed by atoms with Crippen molar-refractivity contribution in [1.29, 1.82) is 0 Å². The van der Waals surface area contributed by atoms with Crippen molar-refractivity contribution < 1.29 is 14.5 Å². The van der Waals surface area contributed by atoms with E-state index in [4.69, 9.17) is 10.5 Å². The number of nitrogens with two attached hydrogens (primary N) is 1. The van der Waals surface area contributed by atoms with E-state index < -0.39 is 10.5 Å². The number of nitrogens with zero attached hydrogens (tertiary/aromatic N) is 1. The number of nitrogen functional groups attached to an aromatic ring is 1. The number of carbonyl (C=O) groups is 1. The second-order valence-corrected chi connectivity index (χ2v) is 7.00. The molecular formula is C16H24N2O4. The highest BCUT2D eigenvalue weighted by molar-refractivity contribution is 5.70. The number of esters is 1. The fourth-order valence-corrected chi connectivity index (χ4v) is 2.22. The minimum atomic E-state index is -0.506. The Kier molecular flexibility index (Phi) is 5.17. The molecule has 0 amide bonds. The molecule has 0 atom stereocenters. The summed E-state index contributed by atoms with van der Waals surface area (Å²) < 4.78 is 5.29. The first-order valence-electron chi connectivity index (χ1n) is 7.18. The zero-order valence-electron chi connectivity index (χ0n) is 13.8. The number of ether oxygens (including phenoxy) is 1. The molecule has 22 heavy (non-hydrogen) atoms. The van der Waals surface area contributed by atoms with E-state index in [1.54, 1.807) is 6.07 Å². The average molecular weight is 308 g/mol. The van der Waals surface area contributed by atoms with Gasteiger partial charge in [-0.1, -0.05) is 13.8 Å². The Morgan fingerprint density at radius 3 is 2.32 bits per heavy atom. The number of rotatable bonds is 5. The molecule has 0 radical (unpaired) electrons. The van der Waals surface area contributed by atoms with E-state index in [0.717, 1.165) is 5.56 Å². The molecule has 0 unspecified atom stereocenters. The van der Waals surface area contributed by atoms with Gasteiger partial charge in [-0.2, -0.15) is 0 Å². The largest absolute Gasteiger partial charge is 0.460 e. The van der Waals surface area contributed by atoms with Crippen LogP contribution in [0.2, 0.25) is 0 Å². The van der Waals surface area contributed by atoms with Crippen LogP contribution in [0.15, 0.2) is 18.2 Å². The Hall–Kier alpha value is -2.11. The molecule has 0 saturated carbocycles. The molecule has 6 heteroatoms. The van der Waals surface area contributed by atoms with Gasteiger partial charge in [0.2, 0.25) is 0 Å². The van der Waals surface area contributed by atoms with Gasteiger partial charge in [-0.25, -0.2) is 0 Å². The van der Waals surface area contributed by atoms with Crippen molar-refractivity contribution in [3.63, 3.8) is 0 Å². The minimum Gasteiger partial charge on any atom is -0.460 e. The van der Waals surface area contributed by atoms with Crippen LogP contribution in [0.3, 0.4) is 0 Å². The minimum absolute atomic E-state index is 0.0378. The molecule has 6 nitrogen and oxygen atoms in total. The third kappa shape index (κ3) is 5.02. The van der Waals surface area contributed by atoms with E-state index in [2.05, 4.69) is 0 Å². The highest BCUT2D eigenvalue weighted by Gasteiger charge is 2.26. The van der Waals surface area contributed by atoms with Gasteiger partial charge >= 0.3 is 5.97 Å². The first-order chi connectivity index (χ1) is 9.92. The van der Waals surface area contributed by atoms with Crippen LogP contribution >= 0.6 is 0 Å². The zero-order chi connectivity index (χ0) is 17.1.